The number of methoxy groups -OCH3 is 1. The number of ketones is 1. The lowest BCUT2D eigenvalue weighted by Crippen LogP contribution is -2.28. The van der Waals surface area contributed by atoms with Crippen molar-refractivity contribution in [2.24, 2.45) is 10.9 Å². The number of halogens is 1. The first kappa shape index (κ1) is 17.8. The minimum atomic E-state index is -0.693. The van der Waals surface area contributed by atoms with E-state index >= 15 is 0 Å². The SMILES string of the molecule is COC(=O)C1=NC=C(C(=O)COC(=O)c2cncc(Cl)c2)CC1C. The lowest BCUT2D eigenvalue weighted by molar-refractivity contribution is -0.133. The standard InChI is InChI=1S/C16H15ClN2O5/c1-9-3-10(6-19-14(9)16(22)23-2)13(20)8-24-15(21)11-4-12(17)7-18-5-11/h4-7,9H,3,8H2,1-2H3. The van der Waals surface area contributed by atoms with Gasteiger partial charge in [0.1, 0.15) is 5.71 Å². The van der Waals surface area contributed by atoms with Crippen LogP contribution in [0.1, 0.15) is 23.7 Å². The van der Waals surface area contributed by atoms with E-state index in [4.69, 9.17) is 16.3 Å². The maximum absolute atomic E-state index is 12.1. The van der Waals surface area contributed by atoms with Gasteiger partial charge in [0.15, 0.2) is 12.4 Å². The molecule has 1 aromatic heterocycles. The predicted molar refractivity (Wildman–Crippen MR) is 85.9 cm³/mol. The van der Waals surface area contributed by atoms with Gasteiger partial charge in [-0.25, -0.2) is 9.59 Å². The molecule has 24 heavy (non-hydrogen) atoms. The number of Topliss-reactive ketones (excluding diaryl/α,β-unsaturated/α-hetero) is 1. The van der Waals surface area contributed by atoms with E-state index in [1.165, 1.54) is 31.8 Å². The van der Waals surface area contributed by atoms with Gasteiger partial charge < -0.3 is 9.47 Å². The Morgan fingerprint density at radius 1 is 1.29 bits per heavy atom. The second kappa shape index (κ2) is 7.83. The Morgan fingerprint density at radius 2 is 2.04 bits per heavy atom. The average molecular weight is 351 g/mol. The molecule has 126 valence electrons. The van der Waals surface area contributed by atoms with Crippen LogP contribution in [0.25, 0.3) is 0 Å². The number of aliphatic imine (C=N–C) groups is 1. The van der Waals surface area contributed by atoms with Gasteiger partial charge in [0.05, 0.1) is 17.7 Å². The van der Waals surface area contributed by atoms with Gasteiger partial charge in [-0.05, 0) is 12.5 Å². The van der Waals surface area contributed by atoms with Crippen molar-refractivity contribution in [3.05, 3.63) is 40.8 Å². The Labute approximate surface area is 143 Å². The van der Waals surface area contributed by atoms with Gasteiger partial charge in [-0.3, -0.25) is 14.8 Å². The molecule has 0 N–H and O–H groups in total. The fraction of sp³-hybridized carbons (Fsp3) is 0.312. The van der Waals surface area contributed by atoms with Crippen LogP contribution >= 0.6 is 11.6 Å². The summed E-state index contributed by atoms with van der Waals surface area (Å²) in [4.78, 5) is 43.2. The minimum Gasteiger partial charge on any atom is -0.465 e. The zero-order valence-electron chi connectivity index (χ0n) is 13.1. The third-order valence-corrected chi connectivity index (χ3v) is 3.59. The minimum absolute atomic E-state index is 0.160. The Morgan fingerprint density at radius 3 is 2.67 bits per heavy atom. The molecule has 0 aliphatic carbocycles. The van der Waals surface area contributed by atoms with Gasteiger partial charge in [0, 0.05) is 30.1 Å². The van der Waals surface area contributed by atoms with Gasteiger partial charge >= 0.3 is 11.9 Å². The number of nitrogens with zero attached hydrogens (tertiary/aromatic N) is 2. The molecule has 7 nitrogen and oxygen atoms in total. The monoisotopic (exact) mass is 350 g/mol. The number of ether oxygens (including phenoxy) is 2. The van der Waals surface area contributed by atoms with Crippen LogP contribution < -0.4 is 0 Å². The molecule has 0 saturated carbocycles. The Hall–Kier alpha value is -2.54. The Balaban J connectivity index is 1.98. The van der Waals surface area contributed by atoms with Crippen molar-refractivity contribution in [1.82, 2.24) is 4.98 Å². The second-order valence-electron chi connectivity index (χ2n) is 5.16. The first-order chi connectivity index (χ1) is 11.4. The Kier molecular flexibility index (Phi) is 5.81. The molecular weight excluding hydrogens is 336 g/mol. The van der Waals surface area contributed by atoms with E-state index in [0.717, 1.165) is 0 Å². The molecule has 0 amide bonds. The number of hydrogen-bond acceptors (Lipinski definition) is 7. The lowest BCUT2D eigenvalue weighted by atomic mass is 9.92. The third kappa shape index (κ3) is 4.26. The first-order valence-corrected chi connectivity index (χ1v) is 7.46. The first-order valence-electron chi connectivity index (χ1n) is 7.08. The molecule has 0 saturated heterocycles. The van der Waals surface area contributed by atoms with Crippen molar-refractivity contribution in [2.45, 2.75) is 13.3 Å². The maximum Gasteiger partial charge on any atom is 0.352 e. The van der Waals surface area contributed by atoms with Crippen molar-refractivity contribution >= 4 is 35.0 Å². The van der Waals surface area contributed by atoms with Crippen LogP contribution in [0, 0.1) is 5.92 Å². The molecule has 1 unspecified atom stereocenters. The number of aromatic nitrogens is 1. The molecule has 1 aromatic rings. The van der Waals surface area contributed by atoms with E-state index < -0.39 is 18.5 Å². The van der Waals surface area contributed by atoms with Crippen LogP contribution in [0.5, 0.6) is 0 Å². The second-order valence-corrected chi connectivity index (χ2v) is 5.59. The summed E-state index contributed by atoms with van der Waals surface area (Å²) in [5.74, 6) is -1.85. The summed E-state index contributed by atoms with van der Waals surface area (Å²) in [6.45, 7) is 1.34. The summed E-state index contributed by atoms with van der Waals surface area (Å²) < 4.78 is 9.58. The van der Waals surface area contributed by atoms with E-state index in [9.17, 15) is 14.4 Å². The van der Waals surface area contributed by atoms with Crippen molar-refractivity contribution in [3.63, 3.8) is 0 Å². The lowest BCUT2D eigenvalue weighted by Gasteiger charge is -2.18. The number of carbonyl (C=O) groups excluding carboxylic acids is 3. The van der Waals surface area contributed by atoms with Crippen molar-refractivity contribution in [3.8, 4) is 0 Å². The number of pyridine rings is 1. The van der Waals surface area contributed by atoms with Crippen molar-refractivity contribution < 1.29 is 23.9 Å². The molecule has 0 bridgehead atoms. The van der Waals surface area contributed by atoms with Crippen molar-refractivity contribution in [2.75, 3.05) is 13.7 Å². The fourth-order valence-electron chi connectivity index (χ4n) is 2.13. The van der Waals surface area contributed by atoms with Crippen LogP contribution in [0.15, 0.2) is 35.2 Å². The molecule has 0 spiro atoms. The molecule has 2 rings (SSSR count). The van der Waals surface area contributed by atoms with E-state index in [1.807, 2.05) is 0 Å². The van der Waals surface area contributed by atoms with Crippen LogP contribution in [-0.2, 0) is 19.1 Å². The van der Waals surface area contributed by atoms with Gasteiger partial charge in [-0.2, -0.15) is 0 Å². The predicted octanol–water partition coefficient (Wildman–Crippen LogP) is 2.00. The summed E-state index contributed by atoms with van der Waals surface area (Å²) in [7, 11) is 1.27. The highest BCUT2D eigenvalue weighted by Crippen LogP contribution is 2.20. The summed E-state index contributed by atoms with van der Waals surface area (Å²) in [5, 5.41) is 0.296. The smallest absolute Gasteiger partial charge is 0.352 e. The molecule has 0 aromatic carbocycles. The summed E-state index contributed by atoms with van der Waals surface area (Å²) in [6.07, 6.45) is 4.31. The zero-order valence-corrected chi connectivity index (χ0v) is 13.9. The fourth-order valence-corrected chi connectivity index (χ4v) is 2.30. The molecule has 1 aliphatic heterocycles. The van der Waals surface area contributed by atoms with Gasteiger partial charge in [0.25, 0.3) is 0 Å². The maximum atomic E-state index is 12.1. The van der Waals surface area contributed by atoms with E-state index in [0.29, 0.717) is 17.0 Å². The molecule has 1 aliphatic rings. The largest absolute Gasteiger partial charge is 0.465 e. The van der Waals surface area contributed by atoms with Crippen LogP contribution in [0.2, 0.25) is 5.02 Å². The summed E-state index contributed by atoms with van der Waals surface area (Å²) in [5.41, 5.74) is 0.801. The van der Waals surface area contributed by atoms with Crippen LogP contribution in [0.4, 0.5) is 0 Å². The summed E-state index contributed by atoms with van der Waals surface area (Å²) >= 11 is 5.74. The highest BCUT2D eigenvalue weighted by Gasteiger charge is 2.26. The molecule has 0 fully saturated rings. The Bertz CT molecular complexity index is 742. The van der Waals surface area contributed by atoms with Gasteiger partial charge in [-0.15, -0.1) is 0 Å². The van der Waals surface area contributed by atoms with Crippen molar-refractivity contribution in [1.29, 1.82) is 0 Å². The average Bonchev–Trinajstić information content (AvgIpc) is 2.58. The highest BCUT2D eigenvalue weighted by atomic mass is 35.5. The summed E-state index contributed by atoms with van der Waals surface area (Å²) in [6, 6.07) is 1.40. The van der Waals surface area contributed by atoms with Crippen LogP contribution in [-0.4, -0.2) is 42.1 Å². The third-order valence-electron chi connectivity index (χ3n) is 3.38. The van der Waals surface area contributed by atoms with E-state index in [2.05, 4.69) is 14.7 Å². The molecule has 8 heteroatoms. The number of carbonyl (C=O) groups is 3. The topological polar surface area (TPSA) is 94.9 Å². The molecule has 2 heterocycles. The quantitative estimate of drug-likeness (QED) is 0.754. The molecule has 0 radical (unpaired) electrons. The van der Waals surface area contributed by atoms with Gasteiger partial charge in [-0.1, -0.05) is 18.5 Å². The zero-order chi connectivity index (χ0) is 17.7. The van der Waals surface area contributed by atoms with Crippen LogP contribution in [0.3, 0.4) is 0 Å². The van der Waals surface area contributed by atoms with E-state index in [-0.39, 0.29) is 23.0 Å². The van der Waals surface area contributed by atoms with E-state index in [1.54, 1.807) is 6.92 Å². The number of rotatable bonds is 5. The molecular formula is C16H15ClN2O5. The highest BCUT2D eigenvalue weighted by molar-refractivity contribution is 6.37. The molecule has 1 atom stereocenters. The number of hydrogen-bond donors (Lipinski definition) is 0. The number of esters is 2. The normalized spacial score (nSPS) is 16.7. The van der Waals surface area contributed by atoms with Gasteiger partial charge in [0.2, 0.25) is 0 Å².